The van der Waals surface area contributed by atoms with E-state index in [4.69, 9.17) is 4.74 Å². The Hall–Kier alpha value is -3.05. The fraction of sp³-hybridized carbons (Fsp3) is 0.130. The SMILES string of the molecule is COc1cccc(CSc2nnc(-c3ccc(C)cc3)n2-c2ccccc2)c1. The van der Waals surface area contributed by atoms with Crippen LogP contribution in [0, 0.1) is 6.92 Å². The van der Waals surface area contributed by atoms with Gasteiger partial charge in [-0.1, -0.05) is 71.9 Å². The summed E-state index contributed by atoms with van der Waals surface area (Å²) in [6.45, 7) is 2.08. The number of methoxy groups -OCH3 is 1. The van der Waals surface area contributed by atoms with Crippen molar-refractivity contribution in [1.82, 2.24) is 14.8 Å². The zero-order valence-electron chi connectivity index (χ0n) is 15.9. The molecule has 0 unspecified atom stereocenters. The second-order valence-corrected chi connectivity index (χ2v) is 7.43. The highest BCUT2D eigenvalue weighted by Crippen LogP contribution is 2.30. The number of benzene rings is 3. The molecule has 0 saturated carbocycles. The molecule has 4 aromatic rings. The van der Waals surface area contributed by atoms with E-state index in [1.54, 1.807) is 18.9 Å². The van der Waals surface area contributed by atoms with Crippen LogP contribution in [0.25, 0.3) is 17.1 Å². The Balaban J connectivity index is 1.70. The summed E-state index contributed by atoms with van der Waals surface area (Å²) in [5.41, 5.74) is 4.51. The first-order chi connectivity index (χ1) is 13.7. The van der Waals surface area contributed by atoms with Crippen LogP contribution >= 0.6 is 11.8 Å². The summed E-state index contributed by atoms with van der Waals surface area (Å²) in [5, 5.41) is 9.86. The predicted octanol–water partition coefficient (Wildman–Crippen LogP) is 5.54. The van der Waals surface area contributed by atoms with E-state index in [1.807, 2.05) is 30.3 Å². The standard InChI is InChI=1S/C23H21N3OS/c1-17-11-13-19(14-12-17)22-24-25-23(26(22)20-8-4-3-5-9-20)28-16-18-7-6-10-21(15-18)27-2/h3-15H,16H2,1-2H3. The van der Waals surface area contributed by atoms with Gasteiger partial charge in [-0.25, -0.2) is 0 Å². The van der Waals surface area contributed by atoms with Crippen LogP contribution in [0.2, 0.25) is 0 Å². The highest BCUT2D eigenvalue weighted by molar-refractivity contribution is 7.98. The second kappa shape index (κ2) is 8.31. The third kappa shape index (κ3) is 3.94. The number of aryl methyl sites for hydroxylation is 1. The highest BCUT2D eigenvalue weighted by Gasteiger charge is 2.16. The second-order valence-electron chi connectivity index (χ2n) is 6.48. The first-order valence-corrected chi connectivity index (χ1v) is 10.1. The van der Waals surface area contributed by atoms with Gasteiger partial charge in [0, 0.05) is 17.0 Å². The lowest BCUT2D eigenvalue weighted by atomic mass is 10.1. The lowest BCUT2D eigenvalue weighted by molar-refractivity contribution is 0.414. The van der Waals surface area contributed by atoms with Crippen molar-refractivity contribution in [3.63, 3.8) is 0 Å². The summed E-state index contributed by atoms with van der Waals surface area (Å²) in [5.74, 6) is 2.50. The van der Waals surface area contributed by atoms with Crippen LogP contribution in [-0.2, 0) is 5.75 Å². The minimum Gasteiger partial charge on any atom is -0.497 e. The quantitative estimate of drug-likeness (QED) is 0.407. The third-order valence-electron chi connectivity index (χ3n) is 4.46. The third-order valence-corrected chi connectivity index (χ3v) is 5.46. The van der Waals surface area contributed by atoms with Gasteiger partial charge in [0.15, 0.2) is 11.0 Å². The van der Waals surface area contributed by atoms with Crippen LogP contribution in [0.1, 0.15) is 11.1 Å². The van der Waals surface area contributed by atoms with Crippen LogP contribution in [0.5, 0.6) is 5.75 Å². The summed E-state index contributed by atoms with van der Waals surface area (Å²) < 4.78 is 7.45. The van der Waals surface area contributed by atoms with Gasteiger partial charge in [0.05, 0.1) is 7.11 Å². The number of hydrogen-bond acceptors (Lipinski definition) is 4. The summed E-state index contributed by atoms with van der Waals surface area (Å²) in [4.78, 5) is 0. The summed E-state index contributed by atoms with van der Waals surface area (Å²) in [6, 6.07) is 26.7. The van der Waals surface area contributed by atoms with Gasteiger partial charge in [-0.3, -0.25) is 4.57 Å². The van der Waals surface area contributed by atoms with E-state index in [1.165, 1.54) is 11.1 Å². The van der Waals surface area contributed by atoms with Gasteiger partial charge in [-0.15, -0.1) is 10.2 Å². The molecule has 1 heterocycles. The zero-order chi connectivity index (χ0) is 19.3. The van der Waals surface area contributed by atoms with E-state index in [9.17, 15) is 0 Å². The van der Waals surface area contributed by atoms with Crippen molar-refractivity contribution in [2.24, 2.45) is 0 Å². The monoisotopic (exact) mass is 387 g/mol. The first kappa shape index (κ1) is 18.3. The molecule has 4 nitrogen and oxygen atoms in total. The fourth-order valence-electron chi connectivity index (χ4n) is 2.97. The summed E-state index contributed by atoms with van der Waals surface area (Å²) in [7, 11) is 1.69. The minimum absolute atomic E-state index is 0.788. The molecular formula is C23H21N3OS. The lowest BCUT2D eigenvalue weighted by Crippen LogP contribution is -1.99. The maximum atomic E-state index is 5.33. The van der Waals surface area contributed by atoms with Crippen molar-refractivity contribution in [2.75, 3.05) is 7.11 Å². The van der Waals surface area contributed by atoms with Crippen LogP contribution in [-0.4, -0.2) is 21.9 Å². The van der Waals surface area contributed by atoms with Crippen molar-refractivity contribution in [2.45, 2.75) is 17.8 Å². The van der Waals surface area contributed by atoms with Crippen molar-refractivity contribution >= 4 is 11.8 Å². The molecule has 0 fully saturated rings. The average Bonchev–Trinajstić information content (AvgIpc) is 3.17. The molecule has 0 N–H and O–H groups in total. The number of rotatable bonds is 6. The Morgan fingerprint density at radius 3 is 2.43 bits per heavy atom. The number of thioether (sulfide) groups is 1. The first-order valence-electron chi connectivity index (χ1n) is 9.08. The van der Waals surface area contributed by atoms with Gasteiger partial charge in [0.1, 0.15) is 5.75 Å². The molecule has 0 aliphatic heterocycles. The Kier molecular flexibility index (Phi) is 5.44. The molecule has 0 radical (unpaired) electrons. The van der Waals surface area contributed by atoms with Gasteiger partial charge in [-0.2, -0.15) is 0 Å². The molecule has 1 aromatic heterocycles. The Morgan fingerprint density at radius 1 is 0.893 bits per heavy atom. The summed E-state index contributed by atoms with van der Waals surface area (Å²) in [6.07, 6.45) is 0. The molecule has 0 aliphatic carbocycles. The number of aromatic nitrogens is 3. The van der Waals surface area contributed by atoms with Gasteiger partial charge in [0.25, 0.3) is 0 Å². The predicted molar refractivity (Wildman–Crippen MR) is 114 cm³/mol. The maximum absolute atomic E-state index is 5.33. The van der Waals surface area contributed by atoms with Crippen molar-refractivity contribution in [3.05, 3.63) is 90.0 Å². The Morgan fingerprint density at radius 2 is 1.68 bits per heavy atom. The van der Waals surface area contributed by atoms with E-state index in [-0.39, 0.29) is 0 Å². The molecule has 140 valence electrons. The van der Waals surface area contributed by atoms with Gasteiger partial charge in [-0.05, 0) is 36.8 Å². The van der Waals surface area contributed by atoms with Gasteiger partial charge < -0.3 is 4.74 Å². The maximum Gasteiger partial charge on any atom is 0.196 e. The van der Waals surface area contributed by atoms with Crippen molar-refractivity contribution < 1.29 is 4.74 Å². The van der Waals surface area contributed by atoms with E-state index < -0.39 is 0 Å². The number of ether oxygens (including phenoxy) is 1. The van der Waals surface area contributed by atoms with Gasteiger partial charge >= 0.3 is 0 Å². The molecule has 0 bridgehead atoms. The Bertz CT molecular complexity index is 1060. The van der Waals surface area contributed by atoms with E-state index in [0.717, 1.165) is 33.7 Å². The van der Waals surface area contributed by atoms with Crippen LogP contribution in [0.4, 0.5) is 0 Å². The molecule has 4 rings (SSSR count). The van der Waals surface area contributed by atoms with E-state index in [0.29, 0.717) is 0 Å². The molecule has 28 heavy (non-hydrogen) atoms. The topological polar surface area (TPSA) is 39.9 Å². The van der Waals surface area contributed by atoms with Crippen LogP contribution in [0.3, 0.4) is 0 Å². The normalized spacial score (nSPS) is 10.8. The van der Waals surface area contributed by atoms with E-state index >= 15 is 0 Å². The van der Waals surface area contributed by atoms with Crippen LogP contribution < -0.4 is 4.74 Å². The van der Waals surface area contributed by atoms with Crippen molar-refractivity contribution in [1.29, 1.82) is 0 Å². The largest absolute Gasteiger partial charge is 0.497 e. The zero-order valence-corrected chi connectivity index (χ0v) is 16.7. The number of para-hydroxylation sites is 1. The van der Waals surface area contributed by atoms with Crippen LogP contribution in [0.15, 0.2) is 84.0 Å². The number of nitrogens with zero attached hydrogens (tertiary/aromatic N) is 3. The van der Waals surface area contributed by atoms with E-state index in [2.05, 4.69) is 70.2 Å². The number of hydrogen-bond donors (Lipinski definition) is 0. The van der Waals surface area contributed by atoms with Crippen molar-refractivity contribution in [3.8, 4) is 22.8 Å². The molecule has 0 amide bonds. The highest BCUT2D eigenvalue weighted by atomic mass is 32.2. The lowest BCUT2D eigenvalue weighted by Gasteiger charge is -2.11. The smallest absolute Gasteiger partial charge is 0.196 e. The minimum atomic E-state index is 0.788. The molecule has 3 aromatic carbocycles. The fourth-order valence-corrected chi connectivity index (χ4v) is 3.87. The Labute approximate surface area is 169 Å². The average molecular weight is 388 g/mol. The molecule has 0 spiro atoms. The summed E-state index contributed by atoms with van der Waals surface area (Å²) >= 11 is 1.67. The molecule has 0 atom stereocenters. The molecule has 0 saturated heterocycles. The molecule has 5 heteroatoms. The van der Waals surface area contributed by atoms with Gasteiger partial charge in [0.2, 0.25) is 0 Å². The molecular weight excluding hydrogens is 366 g/mol. The molecule has 0 aliphatic rings.